The van der Waals surface area contributed by atoms with Gasteiger partial charge in [0.05, 0.1) is 18.7 Å². The lowest BCUT2D eigenvalue weighted by atomic mass is 10.1. The van der Waals surface area contributed by atoms with E-state index < -0.39 is 5.97 Å². The normalized spacial score (nSPS) is 11.4. The van der Waals surface area contributed by atoms with E-state index >= 15 is 0 Å². The molecule has 0 spiro atoms. The van der Waals surface area contributed by atoms with Crippen molar-refractivity contribution in [1.29, 1.82) is 0 Å². The summed E-state index contributed by atoms with van der Waals surface area (Å²) in [6.45, 7) is -0.356. The van der Waals surface area contributed by atoms with Crippen molar-refractivity contribution in [3.8, 4) is 5.75 Å². The first-order chi connectivity index (χ1) is 13.2. The fourth-order valence-electron chi connectivity index (χ4n) is 2.59. The third kappa shape index (κ3) is 4.95. The average molecular weight is 381 g/mol. The molecule has 0 fully saturated rings. The van der Waals surface area contributed by atoms with Crippen molar-refractivity contribution >= 4 is 23.2 Å². The fourth-order valence-corrected chi connectivity index (χ4v) is 3.39. The number of hydrogen-bond acceptors (Lipinski definition) is 5. The number of nitrogens with one attached hydrogen (secondary N) is 1. The smallest absolute Gasteiger partial charge is 0.338 e. The molecule has 0 saturated heterocycles. The van der Waals surface area contributed by atoms with Crippen molar-refractivity contribution in [2.45, 2.75) is 6.04 Å². The Balaban J connectivity index is 1.63. The zero-order chi connectivity index (χ0) is 19.1. The Labute approximate surface area is 161 Å². The Hall–Kier alpha value is -3.12. The van der Waals surface area contributed by atoms with E-state index in [4.69, 9.17) is 9.47 Å². The predicted octanol–water partition coefficient (Wildman–Crippen LogP) is 3.82. The first kappa shape index (κ1) is 18.7. The van der Waals surface area contributed by atoms with Gasteiger partial charge in [0.15, 0.2) is 6.61 Å². The first-order valence-corrected chi connectivity index (χ1v) is 9.24. The predicted molar refractivity (Wildman–Crippen MR) is 104 cm³/mol. The van der Waals surface area contributed by atoms with Crippen LogP contribution in [0.25, 0.3) is 0 Å². The number of thiophene rings is 1. The quantitative estimate of drug-likeness (QED) is 0.632. The van der Waals surface area contributed by atoms with Crippen LogP contribution in [-0.4, -0.2) is 25.6 Å². The monoisotopic (exact) mass is 381 g/mol. The van der Waals surface area contributed by atoms with Gasteiger partial charge in [0.25, 0.3) is 5.91 Å². The van der Waals surface area contributed by atoms with Gasteiger partial charge < -0.3 is 14.8 Å². The zero-order valence-electron chi connectivity index (χ0n) is 14.8. The molecule has 0 aliphatic heterocycles. The standard InChI is InChI=1S/C21H19NO4S/c1-25-17-10-5-9-16(13-17)21(24)26-14-19(23)22-20(18-11-6-12-27-18)15-7-3-2-4-8-15/h2-13,20H,14H2,1H3,(H,22,23)/t20-/m1/s1. The van der Waals surface area contributed by atoms with Crippen LogP contribution >= 0.6 is 11.3 Å². The van der Waals surface area contributed by atoms with Gasteiger partial charge in [-0.3, -0.25) is 4.79 Å². The highest BCUT2D eigenvalue weighted by Crippen LogP contribution is 2.25. The van der Waals surface area contributed by atoms with E-state index in [0.29, 0.717) is 11.3 Å². The van der Waals surface area contributed by atoms with Crippen LogP contribution in [0.1, 0.15) is 26.8 Å². The largest absolute Gasteiger partial charge is 0.497 e. The van der Waals surface area contributed by atoms with E-state index in [0.717, 1.165) is 10.4 Å². The van der Waals surface area contributed by atoms with Crippen LogP contribution in [0, 0.1) is 0 Å². The maximum absolute atomic E-state index is 12.4. The number of ether oxygens (including phenoxy) is 2. The van der Waals surface area contributed by atoms with E-state index in [2.05, 4.69) is 5.32 Å². The molecule has 1 atom stereocenters. The van der Waals surface area contributed by atoms with Crippen molar-refractivity contribution < 1.29 is 19.1 Å². The molecule has 1 N–H and O–H groups in total. The lowest BCUT2D eigenvalue weighted by Gasteiger charge is -2.18. The van der Waals surface area contributed by atoms with Crippen LogP contribution in [0.5, 0.6) is 5.75 Å². The van der Waals surface area contributed by atoms with Crippen molar-refractivity contribution in [1.82, 2.24) is 5.32 Å². The van der Waals surface area contributed by atoms with Gasteiger partial charge in [-0.05, 0) is 35.2 Å². The number of rotatable bonds is 7. The minimum absolute atomic E-state index is 0.283. The molecule has 6 heteroatoms. The molecule has 1 amide bonds. The molecule has 0 radical (unpaired) electrons. The minimum atomic E-state index is -0.573. The van der Waals surface area contributed by atoms with Gasteiger partial charge in [0.1, 0.15) is 5.75 Å². The zero-order valence-corrected chi connectivity index (χ0v) is 15.6. The topological polar surface area (TPSA) is 64.6 Å². The van der Waals surface area contributed by atoms with Crippen molar-refractivity contribution in [3.05, 3.63) is 88.1 Å². The Morgan fingerprint density at radius 2 is 1.85 bits per heavy atom. The van der Waals surface area contributed by atoms with Crippen LogP contribution in [0.2, 0.25) is 0 Å². The number of methoxy groups -OCH3 is 1. The van der Waals surface area contributed by atoms with Crippen LogP contribution in [0.4, 0.5) is 0 Å². The summed E-state index contributed by atoms with van der Waals surface area (Å²) in [6.07, 6.45) is 0. The van der Waals surface area contributed by atoms with E-state index in [-0.39, 0.29) is 18.6 Å². The van der Waals surface area contributed by atoms with E-state index in [1.54, 1.807) is 35.6 Å². The lowest BCUT2D eigenvalue weighted by molar-refractivity contribution is -0.124. The molecular weight excluding hydrogens is 362 g/mol. The maximum atomic E-state index is 12.4. The number of hydrogen-bond donors (Lipinski definition) is 1. The van der Waals surface area contributed by atoms with Crippen molar-refractivity contribution in [2.75, 3.05) is 13.7 Å². The Kier molecular flexibility index (Phi) is 6.22. The molecule has 0 bridgehead atoms. The number of amides is 1. The van der Waals surface area contributed by atoms with Crippen LogP contribution < -0.4 is 10.1 Å². The average Bonchev–Trinajstić information content (AvgIpc) is 3.25. The highest BCUT2D eigenvalue weighted by molar-refractivity contribution is 7.10. The van der Waals surface area contributed by atoms with Gasteiger partial charge in [-0.1, -0.05) is 42.5 Å². The van der Waals surface area contributed by atoms with Crippen molar-refractivity contribution in [2.24, 2.45) is 0 Å². The third-order valence-electron chi connectivity index (χ3n) is 3.91. The summed E-state index contributed by atoms with van der Waals surface area (Å²) in [5, 5.41) is 4.89. The van der Waals surface area contributed by atoms with Gasteiger partial charge in [0, 0.05) is 4.88 Å². The second-order valence-electron chi connectivity index (χ2n) is 5.73. The number of esters is 1. The first-order valence-electron chi connectivity index (χ1n) is 8.36. The molecule has 138 valence electrons. The Morgan fingerprint density at radius 1 is 1.04 bits per heavy atom. The molecule has 1 aromatic heterocycles. The molecule has 5 nitrogen and oxygen atoms in total. The summed E-state index contributed by atoms with van der Waals surface area (Å²) < 4.78 is 10.2. The van der Waals surface area contributed by atoms with Gasteiger partial charge in [-0.25, -0.2) is 4.79 Å². The number of carbonyl (C=O) groups excluding carboxylic acids is 2. The highest BCUT2D eigenvalue weighted by Gasteiger charge is 2.19. The number of benzene rings is 2. The van der Waals surface area contributed by atoms with E-state index in [1.807, 2.05) is 47.8 Å². The Bertz CT molecular complexity index is 894. The lowest BCUT2D eigenvalue weighted by Crippen LogP contribution is -2.32. The van der Waals surface area contributed by atoms with E-state index in [1.165, 1.54) is 7.11 Å². The molecule has 3 rings (SSSR count). The molecular formula is C21H19NO4S. The summed E-state index contributed by atoms with van der Waals surface area (Å²) >= 11 is 1.56. The van der Waals surface area contributed by atoms with Crippen LogP contribution in [-0.2, 0) is 9.53 Å². The summed E-state index contributed by atoms with van der Waals surface area (Å²) in [4.78, 5) is 25.5. The molecule has 0 saturated carbocycles. The molecule has 0 unspecified atom stereocenters. The fraction of sp³-hybridized carbons (Fsp3) is 0.143. The highest BCUT2D eigenvalue weighted by atomic mass is 32.1. The minimum Gasteiger partial charge on any atom is -0.497 e. The Morgan fingerprint density at radius 3 is 2.56 bits per heavy atom. The molecule has 2 aromatic carbocycles. The second-order valence-corrected chi connectivity index (χ2v) is 6.71. The SMILES string of the molecule is COc1cccc(C(=O)OCC(=O)N[C@H](c2ccccc2)c2cccs2)c1. The van der Waals surface area contributed by atoms with Gasteiger partial charge in [0.2, 0.25) is 0 Å². The summed E-state index contributed by atoms with van der Waals surface area (Å²) in [5.41, 5.74) is 1.30. The van der Waals surface area contributed by atoms with Gasteiger partial charge >= 0.3 is 5.97 Å². The molecule has 27 heavy (non-hydrogen) atoms. The van der Waals surface area contributed by atoms with Gasteiger partial charge in [-0.2, -0.15) is 0 Å². The second kappa shape index (κ2) is 9.00. The van der Waals surface area contributed by atoms with Crippen LogP contribution in [0.3, 0.4) is 0 Å². The van der Waals surface area contributed by atoms with Crippen LogP contribution in [0.15, 0.2) is 72.1 Å². The molecule has 3 aromatic rings. The van der Waals surface area contributed by atoms with E-state index in [9.17, 15) is 9.59 Å². The summed E-state index contributed by atoms with van der Waals surface area (Å²) in [6, 6.07) is 19.9. The third-order valence-corrected chi connectivity index (χ3v) is 4.84. The summed E-state index contributed by atoms with van der Waals surface area (Å²) in [7, 11) is 1.52. The number of carbonyl (C=O) groups is 2. The summed E-state index contributed by atoms with van der Waals surface area (Å²) in [5.74, 6) is -0.388. The van der Waals surface area contributed by atoms with Crippen molar-refractivity contribution in [3.63, 3.8) is 0 Å². The molecule has 1 heterocycles. The maximum Gasteiger partial charge on any atom is 0.338 e. The van der Waals surface area contributed by atoms with Gasteiger partial charge in [-0.15, -0.1) is 11.3 Å². The molecule has 0 aliphatic carbocycles. The molecule has 0 aliphatic rings.